The van der Waals surface area contributed by atoms with Crippen molar-refractivity contribution in [2.75, 3.05) is 21.2 Å². The van der Waals surface area contributed by atoms with E-state index >= 15 is 0 Å². The third-order valence-electron chi connectivity index (χ3n) is 3.21. The lowest BCUT2D eigenvalue weighted by molar-refractivity contribution is 0.0697. The first-order chi connectivity index (χ1) is 10.0. The summed E-state index contributed by atoms with van der Waals surface area (Å²) in [6.45, 7) is 0.842. The number of ether oxygens (including phenoxy) is 1. The number of aromatic carboxylic acids is 1. The van der Waals surface area contributed by atoms with Crippen LogP contribution in [0.25, 0.3) is 11.1 Å². The summed E-state index contributed by atoms with van der Waals surface area (Å²) >= 11 is 0. The van der Waals surface area contributed by atoms with Gasteiger partial charge in [0.1, 0.15) is 5.75 Å². The average molecular weight is 285 g/mol. The van der Waals surface area contributed by atoms with Crippen molar-refractivity contribution in [3.05, 3.63) is 53.6 Å². The molecule has 0 unspecified atom stereocenters. The Labute approximate surface area is 124 Å². The molecular weight excluding hydrogens is 266 g/mol. The number of carbonyl (C=O) groups is 1. The van der Waals surface area contributed by atoms with E-state index in [4.69, 9.17) is 9.84 Å². The molecule has 0 radical (unpaired) electrons. The van der Waals surface area contributed by atoms with Crippen molar-refractivity contribution in [1.82, 2.24) is 4.90 Å². The van der Waals surface area contributed by atoms with Crippen LogP contribution in [0.3, 0.4) is 0 Å². The first-order valence-corrected chi connectivity index (χ1v) is 6.66. The Morgan fingerprint density at radius 2 is 1.81 bits per heavy atom. The minimum absolute atomic E-state index is 0.280. The van der Waals surface area contributed by atoms with Gasteiger partial charge in [-0.3, -0.25) is 0 Å². The van der Waals surface area contributed by atoms with Gasteiger partial charge in [0.05, 0.1) is 12.7 Å². The molecule has 0 aliphatic carbocycles. The van der Waals surface area contributed by atoms with Gasteiger partial charge in [-0.2, -0.15) is 0 Å². The number of hydrogen-bond donors (Lipinski definition) is 1. The molecule has 0 fully saturated rings. The summed E-state index contributed by atoms with van der Waals surface area (Å²) < 4.78 is 5.46. The number of rotatable bonds is 5. The van der Waals surface area contributed by atoms with Gasteiger partial charge in [0.2, 0.25) is 0 Å². The molecule has 0 amide bonds. The molecule has 0 bridgehead atoms. The highest BCUT2D eigenvalue weighted by Crippen LogP contribution is 2.31. The summed E-state index contributed by atoms with van der Waals surface area (Å²) in [5.41, 5.74) is 3.34. The first-order valence-electron chi connectivity index (χ1n) is 6.66. The number of benzene rings is 2. The van der Waals surface area contributed by atoms with Crippen LogP contribution in [0.5, 0.6) is 5.75 Å². The summed E-state index contributed by atoms with van der Waals surface area (Å²) in [5.74, 6) is -0.132. The Balaban J connectivity index is 2.36. The van der Waals surface area contributed by atoms with Gasteiger partial charge in [-0.05, 0) is 43.4 Å². The first kappa shape index (κ1) is 15.1. The standard InChI is InChI=1S/C17H19NO3/c1-18(2)11-12-4-9-15(16(10-12)21-3)13-5-7-14(8-6-13)17(19)20/h4-10H,11H2,1-3H3,(H,19,20). The van der Waals surface area contributed by atoms with Gasteiger partial charge in [0.25, 0.3) is 0 Å². The highest BCUT2D eigenvalue weighted by molar-refractivity contribution is 5.88. The molecular formula is C17H19NO3. The summed E-state index contributed by atoms with van der Waals surface area (Å²) in [4.78, 5) is 13.0. The summed E-state index contributed by atoms with van der Waals surface area (Å²) in [5, 5.41) is 8.94. The molecule has 0 atom stereocenters. The number of carboxylic acids is 1. The van der Waals surface area contributed by atoms with Crippen LogP contribution in [0.2, 0.25) is 0 Å². The van der Waals surface area contributed by atoms with E-state index in [2.05, 4.69) is 11.0 Å². The fourth-order valence-electron chi connectivity index (χ4n) is 2.23. The van der Waals surface area contributed by atoms with Gasteiger partial charge >= 0.3 is 5.97 Å². The van der Waals surface area contributed by atoms with Crippen molar-refractivity contribution >= 4 is 5.97 Å². The van der Waals surface area contributed by atoms with E-state index in [0.29, 0.717) is 0 Å². The van der Waals surface area contributed by atoms with E-state index in [-0.39, 0.29) is 5.56 Å². The quantitative estimate of drug-likeness (QED) is 0.917. The molecule has 0 saturated heterocycles. The smallest absolute Gasteiger partial charge is 0.335 e. The second-order valence-corrected chi connectivity index (χ2v) is 5.15. The molecule has 2 rings (SSSR count). The Morgan fingerprint density at radius 1 is 1.14 bits per heavy atom. The highest BCUT2D eigenvalue weighted by Gasteiger charge is 2.09. The van der Waals surface area contributed by atoms with Crippen LogP contribution in [-0.2, 0) is 6.54 Å². The van der Waals surface area contributed by atoms with Crippen molar-refractivity contribution in [2.45, 2.75) is 6.54 Å². The van der Waals surface area contributed by atoms with Gasteiger partial charge < -0.3 is 14.7 Å². The van der Waals surface area contributed by atoms with Crippen LogP contribution >= 0.6 is 0 Å². The minimum Gasteiger partial charge on any atom is -0.496 e. The molecule has 4 nitrogen and oxygen atoms in total. The van der Waals surface area contributed by atoms with Crippen molar-refractivity contribution in [2.24, 2.45) is 0 Å². The molecule has 2 aromatic rings. The zero-order chi connectivity index (χ0) is 15.4. The Hall–Kier alpha value is -2.33. The Morgan fingerprint density at radius 3 is 2.33 bits per heavy atom. The van der Waals surface area contributed by atoms with Gasteiger partial charge in [-0.15, -0.1) is 0 Å². The van der Waals surface area contributed by atoms with Gasteiger partial charge in [-0.25, -0.2) is 4.79 Å². The van der Waals surface area contributed by atoms with Crippen LogP contribution in [0.15, 0.2) is 42.5 Å². The number of hydrogen-bond acceptors (Lipinski definition) is 3. The van der Waals surface area contributed by atoms with Crippen LogP contribution in [0, 0.1) is 0 Å². The maximum atomic E-state index is 10.9. The van der Waals surface area contributed by atoms with E-state index in [1.807, 2.05) is 26.2 Å². The lowest BCUT2D eigenvalue weighted by Crippen LogP contribution is -2.10. The fraction of sp³-hybridized carbons (Fsp3) is 0.235. The molecule has 0 spiro atoms. The minimum atomic E-state index is -0.921. The second kappa shape index (κ2) is 6.41. The van der Waals surface area contributed by atoms with Crippen LogP contribution in [-0.4, -0.2) is 37.2 Å². The summed E-state index contributed by atoms with van der Waals surface area (Å²) in [7, 11) is 5.68. The molecule has 2 aromatic carbocycles. The molecule has 0 aliphatic heterocycles. The number of nitrogens with zero attached hydrogens (tertiary/aromatic N) is 1. The van der Waals surface area contributed by atoms with E-state index < -0.39 is 5.97 Å². The van der Waals surface area contributed by atoms with Crippen LogP contribution in [0.4, 0.5) is 0 Å². The highest BCUT2D eigenvalue weighted by atomic mass is 16.5. The monoisotopic (exact) mass is 285 g/mol. The Kier molecular flexibility index (Phi) is 4.60. The normalized spacial score (nSPS) is 10.7. The predicted octanol–water partition coefficient (Wildman–Crippen LogP) is 3.12. The van der Waals surface area contributed by atoms with Crippen molar-refractivity contribution in [3.8, 4) is 16.9 Å². The van der Waals surface area contributed by atoms with Crippen molar-refractivity contribution in [3.63, 3.8) is 0 Å². The van der Waals surface area contributed by atoms with Gasteiger partial charge in [-0.1, -0.05) is 24.3 Å². The third-order valence-corrected chi connectivity index (χ3v) is 3.21. The van der Waals surface area contributed by atoms with Crippen LogP contribution in [0.1, 0.15) is 15.9 Å². The maximum absolute atomic E-state index is 10.9. The summed E-state index contributed by atoms with van der Waals surface area (Å²) in [6, 6.07) is 12.9. The lowest BCUT2D eigenvalue weighted by Gasteiger charge is -2.14. The van der Waals surface area contributed by atoms with E-state index in [9.17, 15) is 4.79 Å². The number of methoxy groups -OCH3 is 1. The second-order valence-electron chi connectivity index (χ2n) is 5.15. The van der Waals surface area contributed by atoms with Crippen molar-refractivity contribution in [1.29, 1.82) is 0 Å². The number of carboxylic acid groups (broad SMARTS) is 1. The molecule has 0 aromatic heterocycles. The van der Waals surface area contributed by atoms with E-state index in [1.54, 1.807) is 31.4 Å². The molecule has 0 aliphatic rings. The van der Waals surface area contributed by atoms with E-state index in [1.165, 1.54) is 5.56 Å². The molecule has 21 heavy (non-hydrogen) atoms. The maximum Gasteiger partial charge on any atom is 0.335 e. The largest absolute Gasteiger partial charge is 0.496 e. The molecule has 110 valence electrons. The average Bonchev–Trinajstić information content (AvgIpc) is 2.46. The summed E-state index contributed by atoms with van der Waals surface area (Å²) in [6.07, 6.45) is 0. The van der Waals surface area contributed by atoms with Crippen LogP contribution < -0.4 is 4.74 Å². The Bertz CT molecular complexity index is 633. The molecule has 1 N–H and O–H groups in total. The van der Waals surface area contributed by atoms with Gasteiger partial charge in [0, 0.05) is 12.1 Å². The van der Waals surface area contributed by atoms with E-state index in [0.717, 1.165) is 23.4 Å². The third kappa shape index (κ3) is 3.61. The predicted molar refractivity (Wildman–Crippen MR) is 82.8 cm³/mol. The molecule has 0 heterocycles. The molecule has 4 heteroatoms. The zero-order valence-corrected chi connectivity index (χ0v) is 12.5. The topological polar surface area (TPSA) is 49.8 Å². The molecule has 0 saturated carbocycles. The fourth-order valence-corrected chi connectivity index (χ4v) is 2.23. The zero-order valence-electron chi connectivity index (χ0n) is 12.5. The van der Waals surface area contributed by atoms with Gasteiger partial charge in [0.15, 0.2) is 0 Å². The lowest BCUT2D eigenvalue weighted by atomic mass is 10.0. The van der Waals surface area contributed by atoms with Crippen molar-refractivity contribution < 1.29 is 14.6 Å². The SMILES string of the molecule is COc1cc(CN(C)C)ccc1-c1ccc(C(=O)O)cc1.